The molecule has 0 fully saturated rings. The van der Waals surface area contributed by atoms with Crippen molar-refractivity contribution in [3.63, 3.8) is 0 Å². The Balaban J connectivity index is 1.43. The lowest BCUT2D eigenvalue weighted by atomic mass is 10.0. The molecule has 0 atom stereocenters. The predicted molar refractivity (Wildman–Crippen MR) is 88.3 cm³/mol. The van der Waals surface area contributed by atoms with E-state index in [9.17, 15) is 4.79 Å². The highest BCUT2D eigenvalue weighted by Crippen LogP contribution is 2.37. The molecule has 5 heteroatoms. The van der Waals surface area contributed by atoms with Crippen molar-refractivity contribution < 1.29 is 4.79 Å². The molecule has 2 aliphatic rings. The second kappa shape index (κ2) is 6.51. The van der Waals surface area contributed by atoms with E-state index in [0.717, 1.165) is 25.1 Å². The van der Waals surface area contributed by atoms with Gasteiger partial charge in [0.25, 0.3) is 0 Å². The standard InChI is InChI=1S/C18H22N4O/c1-3-4-8-18(20-21-18)9-7-17(23)19-11-14-5-6-15-12-22(2)13-16(15)10-14/h1,5-6,10H,4,7-9,11-13H2,2H3,(H,19,23). The van der Waals surface area contributed by atoms with Gasteiger partial charge in [-0.05, 0) is 23.7 Å². The lowest BCUT2D eigenvalue weighted by Gasteiger charge is -2.10. The van der Waals surface area contributed by atoms with Crippen molar-refractivity contribution in [2.24, 2.45) is 10.2 Å². The number of fused-ring (bicyclic) bond motifs is 1. The quantitative estimate of drug-likeness (QED) is 0.787. The van der Waals surface area contributed by atoms with Gasteiger partial charge in [0.05, 0.1) is 0 Å². The van der Waals surface area contributed by atoms with Crippen LogP contribution in [-0.2, 0) is 24.4 Å². The van der Waals surface area contributed by atoms with Crippen LogP contribution < -0.4 is 5.32 Å². The Morgan fingerprint density at radius 2 is 2.13 bits per heavy atom. The summed E-state index contributed by atoms with van der Waals surface area (Å²) in [6.45, 7) is 2.56. The van der Waals surface area contributed by atoms with E-state index in [2.05, 4.69) is 51.6 Å². The zero-order valence-corrected chi connectivity index (χ0v) is 13.5. The Labute approximate surface area is 137 Å². The fourth-order valence-corrected chi connectivity index (χ4v) is 3.00. The van der Waals surface area contributed by atoms with Crippen molar-refractivity contribution in [2.75, 3.05) is 7.05 Å². The first-order valence-electron chi connectivity index (χ1n) is 8.04. The first kappa shape index (κ1) is 15.7. The molecule has 2 aliphatic heterocycles. The van der Waals surface area contributed by atoms with Crippen molar-refractivity contribution in [1.29, 1.82) is 0 Å². The smallest absolute Gasteiger partial charge is 0.220 e. The maximum Gasteiger partial charge on any atom is 0.220 e. The summed E-state index contributed by atoms with van der Waals surface area (Å²) in [7, 11) is 2.12. The molecule has 0 saturated carbocycles. The fraction of sp³-hybridized carbons (Fsp3) is 0.500. The molecule has 120 valence electrons. The van der Waals surface area contributed by atoms with Gasteiger partial charge in [0, 0.05) is 45.3 Å². The number of hydrogen-bond donors (Lipinski definition) is 1. The van der Waals surface area contributed by atoms with Gasteiger partial charge in [0.2, 0.25) is 5.91 Å². The Morgan fingerprint density at radius 1 is 1.35 bits per heavy atom. The van der Waals surface area contributed by atoms with E-state index in [-0.39, 0.29) is 11.6 Å². The maximum atomic E-state index is 12.0. The van der Waals surface area contributed by atoms with Gasteiger partial charge in [-0.3, -0.25) is 9.69 Å². The third kappa shape index (κ3) is 3.96. The first-order valence-corrected chi connectivity index (χ1v) is 8.04. The molecule has 0 saturated heterocycles. The number of carbonyl (C=O) groups is 1. The average Bonchev–Trinajstić information content (AvgIpc) is 3.22. The molecule has 0 aromatic heterocycles. The minimum absolute atomic E-state index is 0.0417. The monoisotopic (exact) mass is 310 g/mol. The topological polar surface area (TPSA) is 57.1 Å². The van der Waals surface area contributed by atoms with E-state index < -0.39 is 0 Å². The van der Waals surface area contributed by atoms with Crippen molar-refractivity contribution >= 4 is 5.91 Å². The van der Waals surface area contributed by atoms with Gasteiger partial charge in [-0.2, -0.15) is 10.2 Å². The van der Waals surface area contributed by atoms with Crippen LogP contribution in [0, 0.1) is 12.3 Å². The lowest BCUT2D eigenvalue weighted by molar-refractivity contribution is -0.121. The third-order valence-corrected chi connectivity index (χ3v) is 4.45. The molecular formula is C18H22N4O. The second-order valence-electron chi connectivity index (χ2n) is 6.44. The van der Waals surface area contributed by atoms with Crippen LogP contribution in [0.25, 0.3) is 0 Å². The number of terminal acetylenes is 1. The van der Waals surface area contributed by atoms with Crippen LogP contribution >= 0.6 is 0 Å². The van der Waals surface area contributed by atoms with E-state index in [1.807, 2.05) is 0 Å². The van der Waals surface area contributed by atoms with E-state index in [4.69, 9.17) is 6.42 Å². The Hall–Kier alpha value is -2.19. The number of carbonyl (C=O) groups excluding carboxylic acids is 1. The van der Waals surface area contributed by atoms with E-state index in [1.165, 1.54) is 11.1 Å². The summed E-state index contributed by atoms with van der Waals surface area (Å²) in [5.74, 6) is 2.64. The Kier molecular flexibility index (Phi) is 4.44. The molecule has 0 spiro atoms. The van der Waals surface area contributed by atoms with E-state index >= 15 is 0 Å². The van der Waals surface area contributed by atoms with Crippen LogP contribution in [0.1, 0.15) is 42.4 Å². The molecule has 0 unspecified atom stereocenters. The largest absolute Gasteiger partial charge is 0.352 e. The molecule has 0 bridgehead atoms. The van der Waals surface area contributed by atoms with Crippen molar-refractivity contribution in [3.05, 3.63) is 34.9 Å². The highest BCUT2D eigenvalue weighted by Gasteiger charge is 2.39. The zero-order chi connectivity index (χ0) is 16.3. The van der Waals surface area contributed by atoms with Gasteiger partial charge in [-0.25, -0.2) is 0 Å². The summed E-state index contributed by atoms with van der Waals surface area (Å²) in [6, 6.07) is 6.45. The Morgan fingerprint density at radius 3 is 2.87 bits per heavy atom. The number of benzene rings is 1. The van der Waals surface area contributed by atoms with Crippen LogP contribution in [0.4, 0.5) is 0 Å². The van der Waals surface area contributed by atoms with Gasteiger partial charge in [0.1, 0.15) is 0 Å². The summed E-state index contributed by atoms with van der Waals surface area (Å²) >= 11 is 0. The Bertz CT molecular complexity index is 668. The molecule has 3 rings (SSSR count). The molecule has 5 nitrogen and oxygen atoms in total. The number of nitrogens with one attached hydrogen (secondary N) is 1. The molecule has 1 amide bonds. The predicted octanol–water partition coefficient (Wildman–Crippen LogP) is 2.60. The van der Waals surface area contributed by atoms with Crippen molar-refractivity contribution in [1.82, 2.24) is 10.2 Å². The maximum absolute atomic E-state index is 12.0. The summed E-state index contributed by atoms with van der Waals surface area (Å²) < 4.78 is 0. The fourth-order valence-electron chi connectivity index (χ4n) is 3.00. The van der Waals surface area contributed by atoms with Gasteiger partial charge in [0.15, 0.2) is 5.66 Å². The number of amides is 1. The number of nitrogens with zero attached hydrogens (tertiary/aromatic N) is 3. The van der Waals surface area contributed by atoms with Gasteiger partial charge < -0.3 is 5.32 Å². The minimum Gasteiger partial charge on any atom is -0.352 e. The van der Waals surface area contributed by atoms with Crippen LogP contribution in [0.5, 0.6) is 0 Å². The molecule has 1 N–H and O–H groups in total. The average molecular weight is 310 g/mol. The minimum atomic E-state index is -0.373. The molecule has 0 radical (unpaired) electrons. The highest BCUT2D eigenvalue weighted by molar-refractivity contribution is 5.76. The number of rotatable bonds is 7. The molecule has 2 heterocycles. The van der Waals surface area contributed by atoms with Crippen LogP contribution in [0.3, 0.4) is 0 Å². The molecule has 0 aliphatic carbocycles. The molecular weight excluding hydrogens is 288 g/mol. The van der Waals surface area contributed by atoms with Crippen LogP contribution in [-0.4, -0.2) is 23.5 Å². The van der Waals surface area contributed by atoms with Gasteiger partial charge in [-0.1, -0.05) is 18.2 Å². The summed E-state index contributed by atoms with van der Waals surface area (Å²) in [5.41, 5.74) is 3.52. The normalized spacial score (nSPS) is 17.6. The van der Waals surface area contributed by atoms with E-state index in [1.54, 1.807) is 0 Å². The van der Waals surface area contributed by atoms with Crippen LogP contribution in [0.2, 0.25) is 0 Å². The van der Waals surface area contributed by atoms with Crippen LogP contribution in [0.15, 0.2) is 28.4 Å². The summed E-state index contributed by atoms with van der Waals surface area (Å²) in [6.07, 6.45) is 7.74. The summed E-state index contributed by atoms with van der Waals surface area (Å²) in [5, 5.41) is 11.1. The second-order valence-corrected chi connectivity index (χ2v) is 6.44. The number of hydrogen-bond acceptors (Lipinski definition) is 4. The molecule has 23 heavy (non-hydrogen) atoms. The van der Waals surface area contributed by atoms with Crippen molar-refractivity contribution in [3.8, 4) is 12.3 Å². The van der Waals surface area contributed by atoms with Gasteiger partial charge >= 0.3 is 0 Å². The first-order chi connectivity index (χ1) is 11.1. The van der Waals surface area contributed by atoms with Crippen molar-refractivity contribution in [2.45, 2.75) is 51.0 Å². The lowest BCUT2D eigenvalue weighted by Crippen LogP contribution is -2.24. The van der Waals surface area contributed by atoms with Gasteiger partial charge in [-0.15, -0.1) is 12.3 Å². The van der Waals surface area contributed by atoms with E-state index in [0.29, 0.717) is 25.8 Å². The highest BCUT2D eigenvalue weighted by atomic mass is 16.1. The third-order valence-electron chi connectivity index (χ3n) is 4.45. The SMILES string of the molecule is C#CCCC1(CCC(=O)NCc2ccc3c(c2)CN(C)C3)N=N1. The molecule has 1 aromatic rings. The zero-order valence-electron chi connectivity index (χ0n) is 13.5. The summed E-state index contributed by atoms with van der Waals surface area (Å²) in [4.78, 5) is 14.3. The molecule has 1 aromatic carbocycles.